The number of hydrogen-bond acceptors (Lipinski definition) is 3. The van der Waals surface area contributed by atoms with Crippen LogP contribution >= 0.6 is 0 Å². The first-order valence-corrected chi connectivity index (χ1v) is 7.77. The third-order valence-corrected chi connectivity index (χ3v) is 3.48. The number of halogens is 3. The number of ether oxygens (including phenoxy) is 1. The summed E-state index contributed by atoms with van der Waals surface area (Å²) in [7, 11) is 0. The Morgan fingerprint density at radius 3 is 2.32 bits per heavy atom. The molecule has 0 aliphatic heterocycles. The molecule has 0 heterocycles. The van der Waals surface area contributed by atoms with Crippen molar-refractivity contribution in [3.63, 3.8) is 0 Å². The summed E-state index contributed by atoms with van der Waals surface area (Å²) >= 11 is 0. The van der Waals surface area contributed by atoms with Crippen LogP contribution in [0.3, 0.4) is 0 Å². The third-order valence-electron chi connectivity index (χ3n) is 3.48. The number of alkyl halides is 3. The van der Waals surface area contributed by atoms with Gasteiger partial charge in [-0.1, -0.05) is 0 Å². The Kier molecular flexibility index (Phi) is 6.52. The molecule has 0 aromatic carbocycles. The number of alkyl carbamates (subject to hydrolysis) is 1. The third kappa shape index (κ3) is 8.46. The zero-order valence-electron chi connectivity index (χ0n) is 13.7. The smallest absolute Gasteiger partial charge is 0.407 e. The summed E-state index contributed by atoms with van der Waals surface area (Å²) in [6.45, 7) is 7.31. The lowest BCUT2D eigenvalue weighted by Gasteiger charge is -2.38. The first-order chi connectivity index (χ1) is 9.94. The van der Waals surface area contributed by atoms with Gasteiger partial charge in [0.25, 0.3) is 0 Å². The van der Waals surface area contributed by atoms with E-state index in [4.69, 9.17) is 4.74 Å². The molecule has 1 aliphatic carbocycles. The lowest BCUT2D eigenvalue weighted by Crippen LogP contribution is -2.54. The zero-order chi connectivity index (χ0) is 17.0. The summed E-state index contributed by atoms with van der Waals surface area (Å²) in [5.74, 6) is 0. The van der Waals surface area contributed by atoms with E-state index in [0.29, 0.717) is 6.42 Å². The molecule has 0 bridgehead atoms. The monoisotopic (exact) mass is 324 g/mol. The van der Waals surface area contributed by atoms with Gasteiger partial charge in [0.2, 0.25) is 0 Å². The topological polar surface area (TPSA) is 50.4 Å². The molecule has 0 saturated heterocycles. The van der Waals surface area contributed by atoms with Gasteiger partial charge < -0.3 is 15.4 Å². The summed E-state index contributed by atoms with van der Waals surface area (Å²) in [4.78, 5) is 11.6. The molecule has 1 atom stereocenters. The predicted octanol–water partition coefficient (Wildman–Crippen LogP) is 3.75. The Morgan fingerprint density at radius 2 is 1.82 bits per heavy atom. The fraction of sp³-hybridized carbons (Fsp3) is 0.933. The first-order valence-electron chi connectivity index (χ1n) is 7.77. The van der Waals surface area contributed by atoms with E-state index in [1.54, 1.807) is 20.8 Å². The minimum absolute atomic E-state index is 0.0508. The second kappa shape index (κ2) is 7.53. The Bertz CT molecular complexity index is 361. The molecule has 4 nitrogen and oxygen atoms in total. The van der Waals surface area contributed by atoms with Crippen LogP contribution in [0, 0.1) is 0 Å². The molecule has 1 saturated carbocycles. The number of amides is 1. The van der Waals surface area contributed by atoms with Gasteiger partial charge in [0.05, 0.1) is 0 Å². The highest BCUT2D eigenvalue weighted by Gasteiger charge is 2.32. The Labute approximate surface area is 130 Å². The van der Waals surface area contributed by atoms with Crippen LogP contribution in [0.25, 0.3) is 0 Å². The number of carbonyl (C=O) groups is 1. The van der Waals surface area contributed by atoms with Gasteiger partial charge in [0.1, 0.15) is 5.60 Å². The van der Waals surface area contributed by atoms with E-state index in [-0.39, 0.29) is 24.5 Å². The van der Waals surface area contributed by atoms with Gasteiger partial charge in [-0.05, 0) is 53.4 Å². The highest BCUT2D eigenvalue weighted by Crippen LogP contribution is 2.24. The molecule has 7 heteroatoms. The van der Waals surface area contributed by atoms with Crippen LogP contribution in [-0.4, -0.2) is 36.0 Å². The van der Waals surface area contributed by atoms with E-state index in [0.717, 1.165) is 12.8 Å². The van der Waals surface area contributed by atoms with Crippen LogP contribution < -0.4 is 10.6 Å². The molecule has 2 N–H and O–H groups in total. The van der Waals surface area contributed by atoms with Gasteiger partial charge in [-0.3, -0.25) is 0 Å². The summed E-state index contributed by atoms with van der Waals surface area (Å²) in [6.07, 6.45) is -3.02. The quantitative estimate of drug-likeness (QED) is 0.782. The van der Waals surface area contributed by atoms with Crippen LogP contribution in [0.1, 0.15) is 59.8 Å². The van der Waals surface area contributed by atoms with E-state index >= 15 is 0 Å². The van der Waals surface area contributed by atoms with Crippen molar-refractivity contribution in [1.82, 2.24) is 10.6 Å². The van der Waals surface area contributed by atoms with Crippen molar-refractivity contribution in [1.29, 1.82) is 0 Å². The number of carbonyl (C=O) groups excluding carboxylic acids is 1. The Balaban J connectivity index is 2.11. The van der Waals surface area contributed by atoms with Crippen molar-refractivity contribution in [3.8, 4) is 0 Å². The molecule has 1 aliphatic rings. The minimum Gasteiger partial charge on any atom is -0.444 e. The lowest BCUT2D eigenvalue weighted by atomic mass is 9.86. The fourth-order valence-electron chi connectivity index (χ4n) is 2.44. The van der Waals surface area contributed by atoms with Crippen molar-refractivity contribution in [2.75, 3.05) is 0 Å². The van der Waals surface area contributed by atoms with E-state index in [1.165, 1.54) is 0 Å². The van der Waals surface area contributed by atoms with Gasteiger partial charge in [-0.2, -0.15) is 13.2 Å². The van der Waals surface area contributed by atoms with E-state index in [9.17, 15) is 18.0 Å². The molecule has 0 aromatic rings. The Morgan fingerprint density at radius 1 is 1.23 bits per heavy atom. The summed E-state index contributed by atoms with van der Waals surface area (Å²) in [5, 5.41) is 6.08. The standard InChI is InChI=1S/C15H27F3N2O2/c1-10(6-5-7-15(16,17)18)19-11-8-12(9-11)20-13(21)22-14(2,3)4/h10-12,19H,5-9H2,1-4H3,(H,20,21). The van der Waals surface area contributed by atoms with Gasteiger partial charge in [0.15, 0.2) is 0 Å². The van der Waals surface area contributed by atoms with Crippen molar-refractivity contribution in [3.05, 3.63) is 0 Å². The molecule has 0 radical (unpaired) electrons. The van der Waals surface area contributed by atoms with Gasteiger partial charge in [0, 0.05) is 24.5 Å². The van der Waals surface area contributed by atoms with E-state index in [2.05, 4.69) is 10.6 Å². The zero-order valence-corrected chi connectivity index (χ0v) is 13.7. The van der Waals surface area contributed by atoms with E-state index < -0.39 is 24.3 Å². The lowest BCUT2D eigenvalue weighted by molar-refractivity contribution is -0.135. The number of hydrogen-bond donors (Lipinski definition) is 2. The largest absolute Gasteiger partial charge is 0.444 e. The normalized spacial score (nSPS) is 23.6. The van der Waals surface area contributed by atoms with Crippen LogP contribution in [0.4, 0.5) is 18.0 Å². The van der Waals surface area contributed by atoms with Crippen molar-refractivity contribution in [2.45, 2.75) is 89.7 Å². The molecule has 0 aromatic heterocycles. The predicted molar refractivity (Wildman–Crippen MR) is 78.7 cm³/mol. The molecule has 1 unspecified atom stereocenters. The average molecular weight is 324 g/mol. The van der Waals surface area contributed by atoms with Gasteiger partial charge >= 0.3 is 12.3 Å². The molecule has 1 amide bonds. The summed E-state index contributed by atoms with van der Waals surface area (Å²) in [5.41, 5.74) is -0.515. The molecular weight excluding hydrogens is 297 g/mol. The van der Waals surface area contributed by atoms with Crippen molar-refractivity contribution in [2.24, 2.45) is 0 Å². The maximum atomic E-state index is 12.1. The molecular formula is C15H27F3N2O2. The molecule has 1 rings (SSSR count). The average Bonchev–Trinajstić information content (AvgIpc) is 2.21. The first kappa shape index (κ1) is 19.1. The van der Waals surface area contributed by atoms with Crippen LogP contribution in [-0.2, 0) is 4.74 Å². The van der Waals surface area contributed by atoms with Gasteiger partial charge in [-0.25, -0.2) is 4.79 Å². The minimum atomic E-state index is -4.07. The molecule has 22 heavy (non-hydrogen) atoms. The van der Waals surface area contributed by atoms with Gasteiger partial charge in [-0.15, -0.1) is 0 Å². The van der Waals surface area contributed by atoms with Crippen LogP contribution in [0.15, 0.2) is 0 Å². The SMILES string of the molecule is CC(CCCC(F)(F)F)NC1CC(NC(=O)OC(C)(C)C)C1. The number of rotatable bonds is 6. The van der Waals surface area contributed by atoms with E-state index in [1.807, 2.05) is 6.92 Å². The molecule has 1 fully saturated rings. The van der Waals surface area contributed by atoms with Crippen molar-refractivity contribution < 1.29 is 22.7 Å². The van der Waals surface area contributed by atoms with Crippen LogP contribution in [0.5, 0.6) is 0 Å². The second-order valence-corrected chi connectivity index (χ2v) is 7.09. The summed E-state index contributed by atoms with van der Waals surface area (Å²) < 4.78 is 41.4. The van der Waals surface area contributed by atoms with Crippen molar-refractivity contribution >= 4 is 6.09 Å². The molecule has 130 valence electrons. The maximum absolute atomic E-state index is 12.1. The Hall–Kier alpha value is -0.980. The highest BCUT2D eigenvalue weighted by molar-refractivity contribution is 5.68. The maximum Gasteiger partial charge on any atom is 0.407 e. The molecule has 0 spiro atoms. The fourth-order valence-corrected chi connectivity index (χ4v) is 2.44. The van der Waals surface area contributed by atoms with Crippen LogP contribution in [0.2, 0.25) is 0 Å². The number of nitrogens with one attached hydrogen (secondary N) is 2. The second-order valence-electron chi connectivity index (χ2n) is 7.09. The summed E-state index contributed by atoms with van der Waals surface area (Å²) in [6, 6.07) is 0.380. The highest BCUT2D eigenvalue weighted by atomic mass is 19.4.